The zero-order valence-electron chi connectivity index (χ0n) is 14.3. The predicted octanol–water partition coefficient (Wildman–Crippen LogP) is 3.91. The molecule has 0 radical (unpaired) electrons. The minimum atomic E-state index is 0.554. The van der Waals surface area contributed by atoms with Gasteiger partial charge in [0.1, 0.15) is 0 Å². The standard InChI is InChI=1S/C18H36N2/c1-5-15-8-11-20(12-9-15)14-16-13-18(3,4)10-7-17(16)19-6-2/h15-17,19H,5-14H2,1-4H3. The molecule has 0 aromatic rings. The van der Waals surface area contributed by atoms with Crippen molar-refractivity contribution in [3.63, 3.8) is 0 Å². The van der Waals surface area contributed by atoms with E-state index in [1.54, 1.807) is 0 Å². The molecule has 0 amide bonds. The molecule has 1 saturated heterocycles. The summed E-state index contributed by atoms with van der Waals surface area (Å²) >= 11 is 0. The van der Waals surface area contributed by atoms with Gasteiger partial charge in [0, 0.05) is 12.6 Å². The highest BCUT2D eigenvalue weighted by molar-refractivity contribution is 4.90. The maximum Gasteiger partial charge on any atom is 0.0108 e. The van der Waals surface area contributed by atoms with Gasteiger partial charge in [-0.1, -0.05) is 34.1 Å². The van der Waals surface area contributed by atoms with Gasteiger partial charge in [0.2, 0.25) is 0 Å². The van der Waals surface area contributed by atoms with Crippen LogP contribution in [-0.2, 0) is 0 Å². The Hall–Kier alpha value is -0.0800. The van der Waals surface area contributed by atoms with E-state index in [-0.39, 0.29) is 0 Å². The van der Waals surface area contributed by atoms with Crippen LogP contribution in [0.15, 0.2) is 0 Å². The zero-order chi connectivity index (χ0) is 14.6. The molecular weight excluding hydrogens is 244 g/mol. The van der Waals surface area contributed by atoms with Crippen molar-refractivity contribution in [1.82, 2.24) is 10.2 Å². The van der Waals surface area contributed by atoms with E-state index in [4.69, 9.17) is 0 Å². The second-order valence-electron chi connectivity index (χ2n) is 7.98. The van der Waals surface area contributed by atoms with Crippen molar-refractivity contribution in [1.29, 1.82) is 0 Å². The van der Waals surface area contributed by atoms with Gasteiger partial charge >= 0.3 is 0 Å². The molecule has 2 unspecified atom stereocenters. The van der Waals surface area contributed by atoms with E-state index in [9.17, 15) is 0 Å². The fourth-order valence-corrected chi connectivity index (χ4v) is 4.37. The Labute approximate surface area is 126 Å². The minimum Gasteiger partial charge on any atom is -0.314 e. The molecule has 0 aromatic heterocycles. The molecule has 2 atom stereocenters. The lowest BCUT2D eigenvalue weighted by Crippen LogP contribution is -2.48. The van der Waals surface area contributed by atoms with Gasteiger partial charge in [0.15, 0.2) is 0 Å². The first-order chi connectivity index (χ1) is 9.54. The van der Waals surface area contributed by atoms with Gasteiger partial charge in [-0.2, -0.15) is 0 Å². The Morgan fingerprint density at radius 3 is 2.40 bits per heavy atom. The van der Waals surface area contributed by atoms with Crippen LogP contribution in [0.2, 0.25) is 0 Å². The highest BCUT2D eigenvalue weighted by Gasteiger charge is 2.35. The fraction of sp³-hybridized carbons (Fsp3) is 1.00. The van der Waals surface area contributed by atoms with Crippen molar-refractivity contribution < 1.29 is 0 Å². The Morgan fingerprint density at radius 2 is 1.80 bits per heavy atom. The Kier molecular flexibility index (Phi) is 5.92. The molecular formula is C18H36N2. The summed E-state index contributed by atoms with van der Waals surface area (Å²) in [4.78, 5) is 2.75. The molecule has 2 heteroatoms. The topological polar surface area (TPSA) is 15.3 Å². The van der Waals surface area contributed by atoms with Crippen LogP contribution in [0, 0.1) is 17.3 Å². The minimum absolute atomic E-state index is 0.554. The SMILES string of the molecule is CCNC1CCC(C)(C)CC1CN1CCC(CC)CC1. The van der Waals surface area contributed by atoms with Gasteiger partial charge in [0.05, 0.1) is 0 Å². The molecule has 0 spiro atoms. The molecule has 20 heavy (non-hydrogen) atoms. The summed E-state index contributed by atoms with van der Waals surface area (Å²) < 4.78 is 0. The average Bonchev–Trinajstić information content (AvgIpc) is 2.42. The summed E-state index contributed by atoms with van der Waals surface area (Å²) in [7, 11) is 0. The molecule has 0 bridgehead atoms. The van der Waals surface area contributed by atoms with Crippen LogP contribution in [0.3, 0.4) is 0 Å². The van der Waals surface area contributed by atoms with Crippen molar-refractivity contribution in [2.75, 3.05) is 26.2 Å². The third-order valence-electron chi connectivity index (χ3n) is 5.76. The number of piperidine rings is 1. The highest BCUT2D eigenvalue weighted by Crippen LogP contribution is 2.39. The fourth-order valence-electron chi connectivity index (χ4n) is 4.37. The first-order valence-corrected chi connectivity index (χ1v) is 9.00. The van der Waals surface area contributed by atoms with Crippen LogP contribution in [0.25, 0.3) is 0 Å². The zero-order valence-corrected chi connectivity index (χ0v) is 14.3. The smallest absolute Gasteiger partial charge is 0.0108 e. The Balaban J connectivity index is 1.87. The average molecular weight is 280 g/mol. The van der Waals surface area contributed by atoms with E-state index < -0.39 is 0 Å². The molecule has 0 aromatic carbocycles. The number of nitrogens with one attached hydrogen (secondary N) is 1. The molecule has 1 aliphatic carbocycles. The van der Waals surface area contributed by atoms with Crippen molar-refractivity contribution in [3.8, 4) is 0 Å². The summed E-state index contributed by atoms with van der Waals surface area (Å²) in [5.74, 6) is 1.86. The third-order valence-corrected chi connectivity index (χ3v) is 5.76. The van der Waals surface area contributed by atoms with E-state index in [1.165, 1.54) is 58.2 Å². The Morgan fingerprint density at radius 1 is 1.10 bits per heavy atom. The van der Waals surface area contributed by atoms with Gasteiger partial charge < -0.3 is 10.2 Å². The Bertz CT molecular complexity index is 279. The van der Waals surface area contributed by atoms with Crippen LogP contribution >= 0.6 is 0 Å². The van der Waals surface area contributed by atoms with Crippen molar-refractivity contribution in [2.45, 2.75) is 72.3 Å². The summed E-state index contributed by atoms with van der Waals surface area (Å²) in [6.07, 6.45) is 8.40. The van der Waals surface area contributed by atoms with E-state index >= 15 is 0 Å². The van der Waals surface area contributed by atoms with Gasteiger partial charge in [-0.15, -0.1) is 0 Å². The van der Waals surface area contributed by atoms with Gasteiger partial charge in [-0.3, -0.25) is 0 Å². The maximum absolute atomic E-state index is 3.76. The third kappa shape index (κ3) is 4.46. The highest BCUT2D eigenvalue weighted by atomic mass is 15.1. The normalized spacial score (nSPS) is 32.4. The number of nitrogens with zero attached hydrogens (tertiary/aromatic N) is 1. The van der Waals surface area contributed by atoms with Gasteiger partial charge in [-0.05, 0) is 69.0 Å². The number of hydrogen-bond donors (Lipinski definition) is 1. The summed E-state index contributed by atoms with van der Waals surface area (Å²) in [6.45, 7) is 14.7. The van der Waals surface area contributed by atoms with E-state index in [0.717, 1.165) is 24.4 Å². The number of likely N-dealkylation sites (tertiary alicyclic amines) is 1. The van der Waals surface area contributed by atoms with Crippen molar-refractivity contribution in [3.05, 3.63) is 0 Å². The molecule has 2 rings (SSSR count). The molecule has 2 aliphatic rings. The first kappa shape index (κ1) is 16.3. The molecule has 1 aliphatic heterocycles. The monoisotopic (exact) mass is 280 g/mol. The number of rotatable bonds is 5. The lowest BCUT2D eigenvalue weighted by Gasteiger charge is -2.44. The van der Waals surface area contributed by atoms with Crippen LogP contribution in [-0.4, -0.2) is 37.1 Å². The molecule has 2 fully saturated rings. The van der Waals surface area contributed by atoms with Crippen LogP contribution in [0.4, 0.5) is 0 Å². The second-order valence-corrected chi connectivity index (χ2v) is 7.98. The second kappa shape index (κ2) is 7.26. The predicted molar refractivity (Wildman–Crippen MR) is 88.0 cm³/mol. The summed E-state index contributed by atoms with van der Waals surface area (Å²) in [5.41, 5.74) is 0.554. The molecule has 1 saturated carbocycles. The lowest BCUT2D eigenvalue weighted by atomic mass is 9.69. The van der Waals surface area contributed by atoms with E-state index in [0.29, 0.717) is 5.41 Å². The first-order valence-electron chi connectivity index (χ1n) is 9.00. The van der Waals surface area contributed by atoms with Crippen molar-refractivity contribution in [2.24, 2.45) is 17.3 Å². The molecule has 2 nitrogen and oxygen atoms in total. The molecule has 118 valence electrons. The van der Waals surface area contributed by atoms with E-state index in [2.05, 4.69) is 37.9 Å². The molecule has 1 N–H and O–H groups in total. The number of hydrogen-bond acceptors (Lipinski definition) is 2. The summed E-state index contributed by atoms with van der Waals surface area (Å²) in [6, 6.07) is 0.761. The maximum atomic E-state index is 3.76. The van der Waals surface area contributed by atoms with Gasteiger partial charge in [0.25, 0.3) is 0 Å². The van der Waals surface area contributed by atoms with Crippen molar-refractivity contribution >= 4 is 0 Å². The largest absolute Gasteiger partial charge is 0.314 e. The van der Waals surface area contributed by atoms with Crippen LogP contribution in [0.1, 0.15) is 66.2 Å². The molecule has 1 heterocycles. The summed E-state index contributed by atoms with van der Waals surface area (Å²) in [5, 5.41) is 3.76. The van der Waals surface area contributed by atoms with Crippen LogP contribution in [0.5, 0.6) is 0 Å². The quantitative estimate of drug-likeness (QED) is 0.821. The van der Waals surface area contributed by atoms with Gasteiger partial charge in [-0.25, -0.2) is 0 Å². The lowest BCUT2D eigenvalue weighted by molar-refractivity contribution is 0.0833. The van der Waals surface area contributed by atoms with Crippen LogP contribution < -0.4 is 5.32 Å². The van der Waals surface area contributed by atoms with E-state index in [1.807, 2.05) is 0 Å².